The molecule has 0 spiro atoms. The summed E-state index contributed by atoms with van der Waals surface area (Å²) >= 11 is 7.49. The van der Waals surface area contributed by atoms with Crippen LogP contribution in [0.2, 0.25) is 4.34 Å². The second-order valence-electron chi connectivity index (χ2n) is 3.59. The summed E-state index contributed by atoms with van der Waals surface area (Å²) < 4.78 is 0.839. The summed E-state index contributed by atoms with van der Waals surface area (Å²) in [7, 11) is 0. The molecule has 0 aliphatic carbocycles. The maximum absolute atomic E-state index is 5.87. The first-order valence-corrected chi connectivity index (χ1v) is 6.32. The van der Waals surface area contributed by atoms with Crippen molar-refractivity contribution >= 4 is 22.9 Å². The molecule has 0 bridgehead atoms. The molecule has 0 unspecified atom stereocenters. The topological polar surface area (TPSA) is 24.9 Å². The summed E-state index contributed by atoms with van der Waals surface area (Å²) in [6, 6.07) is 8.31. The van der Waals surface area contributed by atoms with Crippen LogP contribution in [0.25, 0.3) is 0 Å². The predicted molar refractivity (Wildman–Crippen MR) is 68.8 cm³/mol. The van der Waals surface area contributed by atoms with Crippen molar-refractivity contribution in [2.75, 3.05) is 0 Å². The van der Waals surface area contributed by atoms with Crippen molar-refractivity contribution in [2.45, 2.75) is 19.5 Å². The second-order valence-corrected chi connectivity index (χ2v) is 5.39. The molecule has 0 radical (unpaired) electrons. The zero-order valence-corrected chi connectivity index (χ0v) is 10.6. The van der Waals surface area contributed by atoms with E-state index in [0.717, 1.165) is 10.9 Å². The van der Waals surface area contributed by atoms with E-state index in [9.17, 15) is 0 Å². The van der Waals surface area contributed by atoms with Crippen LogP contribution in [0.1, 0.15) is 23.4 Å². The molecule has 0 aliphatic heterocycles. The molecular weight excluding hydrogens is 240 g/mol. The molecular formula is C12H13ClN2S. The summed E-state index contributed by atoms with van der Waals surface area (Å²) in [6.45, 7) is 2.97. The molecule has 4 heteroatoms. The highest BCUT2D eigenvalue weighted by Gasteiger charge is 2.05. The molecule has 0 fully saturated rings. The summed E-state index contributed by atoms with van der Waals surface area (Å²) in [5.41, 5.74) is 1.20. The van der Waals surface area contributed by atoms with Gasteiger partial charge in [-0.3, -0.25) is 4.98 Å². The van der Waals surface area contributed by atoms with Gasteiger partial charge in [0.2, 0.25) is 0 Å². The van der Waals surface area contributed by atoms with E-state index in [1.807, 2.05) is 18.3 Å². The molecule has 0 saturated carbocycles. The lowest BCUT2D eigenvalue weighted by atomic mass is 10.1. The lowest BCUT2D eigenvalue weighted by Gasteiger charge is -2.12. The van der Waals surface area contributed by atoms with Crippen LogP contribution < -0.4 is 5.32 Å². The van der Waals surface area contributed by atoms with Gasteiger partial charge in [0.15, 0.2) is 0 Å². The van der Waals surface area contributed by atoms with Crippen LogP contribution in [0.5, 0.6) is 0 Å². The van der Waals surface area contributed by atoms with Gasteiger partial charge >= 0.3 is 0 Å². The number of pyridine rings is 1. The number of halogens is 1. The number of hydrogen-bond donors (Lipinski definition) is 1. The van der Waals surface area contributed by atoms with E-state index in [-0.39, 0.29) is 0 Å². The second kappa shape index (κ2) is 5.43. The first kappa shape index (κ1) is 11.6. The smallest absolute Gasteiger partial charge is 0.0931 e. The fourth-order valence-corrected chi connectivity index (χ4v) is 2.49. The minimum absolute atomic E-state index is 0.301. The Morgan fingerprint density at radius 3 is 2.94 bits per heavy atom. The summed E-state index contributed by atoms with van der Waals surface area (Å²) in [5.74, 6) is 0. The van der Waals surface area contributed by atoms with Crippen LogP contribution in [0.4, 0.5) is 0 Å². The van der Waals surface area contributed by atoms with Crippen LogP contribution in [0.15, 0.2) is 36.7 Å². The van der Waals surface area contributed by atoms with Gasteiger partial charge in [-0.1, -0.05) is 17.7 Å². The van der Waals surface area contributed by atoms with Crippen molar-refractivity contribution in [3.05, 3.63) is 51.4 Å². The third-order valence-corrected chi connectivity index (χ3v) is 3.63. The summed E-state index contributed by atoms with van der Waals surface area (Å²) in [4.78, 5) is 5.36. The molecule has 1 atom stereocenters. The molecule has 2 heterocycles. The highest BCUT2D eigenvalue weighted by atomic mass is 35.5. The average molecular weight is 253 g/mol. The predicted octanol–water partition coefficient (Wildman–Crippen LogP) is 3.65. The maximum atomic E-state index is 5.87. The zero-order valence-electron chi connectivity index (χ0n) is 8.98. The van der Waals surface area contributed by atoms with Gasteiger partial charge < -0.3 is 5.32 Å². The van der Waals surface area contributed by atoms with Crippen LogP contribution in [-0.4, -0.2) is 4.98 Å². The molecule has 2 rings (SSSR count). The van der Waals surface area contributed by atoms with Crippen molar-refractivity contribution in [3.8, 4) is 0 Å². The van der Waals surface area contributed by atoms with E-state index >= 15 is 0 Å². The van der Waals surface area contributed by atoms with E-state index in [4.69, 9.17) is 11.6 Å². The quantitative estimate of drug-likeness (QED) is 0.899. The molecule has 1 N–H and O–H groups in total. The Labute approximate surface area is 104 Å². The van der Waals surface area contributed by atoms with Gasteiger partial charge in [-0.15, -0.1) is 11.3 Å². The van der Waals surface area contributed by atoms with E-state index in [1.165, 1.54) is 10.4 Å². The molecule has 0 aliphatic rings. The van der Waals surface area contributed by atoms with Gasteiger partial charge in [0, 0.05) is 29.9 Å². The van der Waals surface area contributed by atoms with Gasteiger partial charge in [0.25, 0.3) is 0 Å². The molecule has 0 saturated heterocycles. The highest BCUT2D eigenvalue weighted by molar-refractivity contribution is 7.16. The minimum atomic E-state index is 0.301. The van der Waals surface area contributed by atoms with Gasteiger partial charge in [-0.2, -0.15) is 0 Å². The van der Waals surface area contributed by atoms with E-state index < -0.39 is 0 Å². The summed E-state index contributed by atoms with van der Waals surface area (Å²) in [5, 5.41) is 3.44. The van der Waals surface area contributed by atoms with Crippen LogP contribution in [-0.2, 0) is 6.54 Å². The first-order valence-electron chi connectivity index (χ1n) is 5.13. The number of nitrogens with one attached hydrogen (secondary N) is 1. The largest absolute Gasteiger partial charge is 0.305 e. The number of nitrogens with zero attached hydrogens (tertiary/aromatic N) is 1. The molecule has 0 amide bonds. The Morgan fingerprint density at radius 1 is 1.44 bits per heavy atom. The Hall–Kier alpha value is -0.900. The van der Waals surface area contributed by atoms with Gasteiger partial charge in [0.05, 0.1) is 4.34 Å². The normalized spacial score (nSPS) is 12.6. The highest BCUT2D eigenvalue weighted by Crippen LogP contribution is 2.22. The molecule has 2 aromatic heterocycles. The number of aromatic nitrogens is 1. The minimum Gasteiger partial charge on any atom is -0.305 e. The molecule has 2 nitrogen and oxygen atoms in total. The Balaban J connectivity index is 1.91. The van der Waals surface area contributed by atoms with E-state index in [1.54, 1.807) is 17.5 Å². The molecule has 0 aromatic carbocycles. The lowest BCUT2D eigenvalue weighted by Crippen LogP contribution is -2.17. The first-order chi connectivity index (χ1) is 7.75. The van der Waals surface area contributed by atoms with Gasteiger partial charge in [-0.05, 0) is 30.7 Å². The maximum Gasteiger partial charge on any atom is 0.0931 e. The van der Waals surface area contributed by atoms with Crippen molar-refractivity contribution in [1.29, 1.82) is 0 Å². The SMILES string of the molecule is C[C@@H](NCc1ccc(Cl)s1)c1cccnc1. The Morgan fingerprint density at radius 2 is 2.31 bits per heavy atom. The van der Waals surface area contributed by atoms with Crippen molar-refractivity contribution in [3.63, 3.8) is 0 Å². The number of thiophene rings is 1. The van der Waals surface area contributed by atoms with Crippen molar-refractivity contribution in [2.24, 2.45) is 0 Å². The number of hydrogen-bond acceptors (Lipinski definition) is 3. The molecule has 16 heavy (non-hydrogen) atoms. The molecule has 2 aromatic rings. The lowest BCUT2D eigenvalue weighted by molar-refractivity contribution is 0.577. The third kappa shape index (κ3) is 3.04. The van der Waals surface area contributed by atoms with Crippen molar-refractivity contribution in [1.82, 2.24) is 10.3 Å². The van der Waals surface area contributed by atoms with E-state index in [2.05, 4.69) is 29.4 Å². The van der Waals surface area contributed by atoms with Gasteiger partial charge in [0.1, 0.15) is 0 Å². The summed E-state index contributed by atoms with van der Waals surface area (Å²) in [6.07, 6.45) is 3.67. The van der Waals surface area contributed by atoms with Crippen LogP contribution >= 0.6 is 22.9 Å². The fraction of sp³-hybridized carbons (Fsp3) is 0.250. The molecule has 84 valence electrons. The van der Waals surface area contributed by atoms with Crippen LogP contribution in [0, 0.1) is 0 Å². The van der Waals surface area contributed by atoms with Gasteiger partial charge in [-0.25, -0.2) is 0 Å². The average Bonchev–Trinajstić information content (AvgIpc) is 2.73. The fourth-order valence-electron chi connectivity index (χ4n) is 1.45. The standard InChI is InChI=1S/C12H13ClN2S/c1-9(10-3-2-6-14-7-10)15-8-11-4-5-12(13)16-11/h2-7,9,15H,8H2,1H3/t9-/m1/s1. The number of rotatable bonds is 4. The van der Waals surface area contributed by atoms with Crippen molar-refractivity contribution < 1.29 is 0 Å². The van der Waals surface area contributed by atoms with E-state index in [0.29, 0.717) is 6.04 Å². The third-order valence-electron chi connectivity index (χ3n) is 2.40. The zero-order chi connectivity index (χ0) is 11.4. The monoisotopic (exact) mass is 252 g/mol. The Kier molecular flexibility index (Phi) is 3.93. The van der Waals surface area contributed by atoms with Crippen LogP contribution in [0.3, 0.4) is 0 Å². The Bertz CT molecular complexity index is 441.